The predicted molar refractivity (Wildman–Crippen MR) is 89.5 cm³/mol. The third kappa shape index (κ3) is 4.12. The maximum atomic E-state index is 12.4. The Morgan fingerprint density at radius 2 is 1.88 bits per heavy atom. The number of nitrogens with one attached hydrogen (secondary N) is 1. The number of aromatic nitrogens is 3. The second kappa shape index (κ2) is 7.94. The van der Waals surface area contributed by atoms with Gasteiger partial charge in [0.25, 0.3) is 5.91 Å². The van der Waals surface area contributed by atoms with Crippen molar-refractivity contribution in [1.29, 1.82) is 0 Å². The number of hydrogen-bond donors (Lipinski definition) is 1. The minimum atomic E-state index is -0.124. The lowest BCUT2D eigenvalue weighted by atomic mass is 10.1. The molecule has 1 fully saturated rings. The van der Waals surface area contributed by atoms with Gasteiger partial charge >= 0.3 is 0 Å². The zero-order valence-electron chi connectivity index (χ0n) is 13.7. The normalized spacial score (nSPS) is 16.5. The average molecular weight is 327 g/mol. The molecule has 1 amide bonds. The summed E-state index contributed by atoms with van der Waals surface area (Å²) in [5.74, 6) is -0.124. The molecule has 7 nitrogen and oxygen atoms in total. The van der Waals surface area contributed by atoms with Gasteiger partial charge in [0.2, 0.25) is 0 Å². The van der Waals surface area contributed by atoms with Gasteiger partial charge in [-0.1, -0.05) is 0 Å². The molecule has 0 spiro atoms. The maximum Gasteiger partial charge on any atom is 0.252 e. The lowest BCUT2D eigenvalue weighted by Gasteiger charge is -2.32. The number of morpholine rings is 1. The quantitative estimate of drug-likeness (QED) is 0.882. The Kier molecular flexibility index (Phi) is 5.45. The zero-order valence-corrected chi connectivity index (χ0v) is 13.7. The fourth-order valence-corrected chi connectivity index (χ4v) is 2.66. The van der Waals surface area contributed by atoms with Gasteiger partial charge in [-0.15, -0.1) is 0 Å². The summed E-state index contributed by atoms with van der Waals surface area (Å²) in [6, 6.07) is 2.08. The smallest absolute Gasteiger partial charge is 0.252 e. The van der Waals surface area contributed by atoms with Crippen molar-refractivity contribution in [3.63, 3.8) is 0 Å². The van der Waals surface area contributed by atoms with E-state index in [-0.39, 0.29) is 11.9 Å². The summed E-state index contributed by atoms with van der Waals surface area (Å²) < 4.78 is 5.35. The summed E-state index contributed by atoms with van der Waals surface area (Å²) in [6.07, 6.45) is 8.15. The van der Waals surface area contributed by atoms with Crippen LogP contribution in [0.3, 0.4) is 0 Å². The van der Waals surface area contributed by atoms with Gasteiger partial charge in [-0.2, -0.15) is 0 Å². The van der Waals surface area contributed by atoms with Crippen LogP contribution in [0.2, 0.25) is 0 Å². The van der Waals surface area contributed by atoms with Gasteiger partial charge in [0, 0.05) is 61.6 Å². The molecule has 0 saturated carbocycles. The first kappa shape index (κ1) is 16.5. The highest BCUT2D eigenvalue weighted by molar-refractivity contribution is 5.95. The van der Waals surface area contributed by atoms with Crippen LogP contribution in [0.15, 0.2) is 37.2 Å². The Labute approximate surface area is 141 Å². The summed E-state index contributed by atoms with van der Waals surface area (Å²) in [7, 11) is 0. The maximum absolute atomic E-state index is 12.4. The van der Waals surface area contributed by atoms with Crippen molar-refractivity contribution < 1.29 is 9.53 Å². The molecule has 3 rings (SSSR count). The second-order valence-corrected chi connectivity index (χ2v) is 5.80. The highest BCUT2D eigenvalue weighted by Crippen LogP contribution is 2.17. The molecule has 0 bridgehead atoms. The summed E-state index contributed by atoms with van der Waals surface area (Å²) in [5.41, 5.74) is 2.19. The fourth-order valence-electron chi connectivity index (χ4n) is 2.66. The van der Waals surface area contributed by atoms with Gasteiger partial charge < -0.3 is 10.1 Å². The molecule has 126 valence electrons. The number of hydrogen-bond acceptors (Lipinski definition) is 6. The highest BCUT2D eigenvalue weighted by Gasteiger charge is 2.18. The Bertz CT molecular complexity index is 674. The van der Waals surface area contributed by atoms with Crippen LogP contribution in [0.1, 0.15) is 17.3 Å². The van der Waals surface area contributed by atoms with Crippen LogP contribution in [0.25, 0.3) is 11.1 Å². The molecule has 2 aromatic heterocycles. The van der Waals surface area contributed by atoms with E-state index in [4.69, 9.17) is 4.74 Å². The van der Waals surface area contributed by atoms with E-state index in [1.54, 1.807) is 30.9 Å². The SMILES string of the molecule is CC(CNC(=O)c1cncc(-c2cncnc2)c1)N1CCOCC1. The van der Waals surface area contributed by atoms with Crippen LogP contribution >= 0.6 is 0 Å². The van der Waals surface area contributed by atoms with E-state index in [1.165, 1.54) is 6.33 Å². The van der Waals surface area contributed by atoms with Crippen LogP contribution < -0.4 is 5.32 Å². The topological polar surface area (TPSA) is 80.2 Å². The van der Waals surface area contributed by atoms with Crippen LogP contribution in [0, 0.1) is 0 Å². The van der Waals surface area contributed by atoms with E-state index in [2.05, 4.69) is 32.1 Å². The first-order valence-electron chi connectivity index (χ1n) is 8.04. The molecule has 1 atom stereocenters. The van der Waals surface area contributed by atoms with E-state index in [9.17, 15) is 4.79 Å². The molecule has 1 N–H and O–H groups in total. The second-order valence-electron chi connectivity index (χ2n) is 5.80. The molecular weight excluding hydrogens is 306 g/mol. The van der Waals surface area contributed by atoms with Crippen LogP contribution in [0.4, 0.5) is 0 Å². The van der Waals surface area contributed by atoms with Gasteiger partial charge in [0.1, 0.15) is 6.33 Å². The van der Waals surface area contributed by atoms with Crippen molar-refractivity contribution in [1.82, 2.24) is 25.2 Å². The summed E-state index contributed by atoms with van der Waals surface area (Å²) >= 11 is 0. The molecule has 7 heteroatoms. The standard InChI is InChI=1S/C17H21N5O2/c1-13(22-2-4-24-5-3-22)7-21-17(23)15-6-14(8-18-9-15)16-10-19-12-20-11-16/h6,8-13H,2-5,7H2,1H3,(H,21,23). The average Bonchev–Trinajstić information content (AvgIpc) is 2.67. The number of carbonyl (C=O) groups is 1. The number of rotatable bonds is 5. The van der Waals surface area contributed by atoms with Crippen LogP contribution in [0.5, 0.6) is 0 Å². The van der Waals surface area contributed by atoms with Crippen molar-refractivity contribution in [2.24, 2.45) is 0 Å². The lowest BCUT2D eigenvalue weighted by molar-refractivity contribution is 0.0204. The van der Waals surface area contributed by atoms with E-state index < -0.39 is 0 Å². The van der Waals surface area contributed by atoms with Crippen molar-refractivity contribution in [3.05, 3.63) is 42.7 Å². The van der Waals surface area contributed by atoms with Crippen molar-refractivity contribution in [2.75, 3.05) is 32.8 Å². The summed E-state index contributed by atoms with van der Waals surface area (Å²) in [4.78, 5) is 26.8. The van der Waals surface area contributed by atoms with Crippen LogP contribution in [-0.4, -0.2) is 64.6 Å². The molecule has 1 unspecified atom stereocenters. The third-order valence-corrected chi connectivity index (χ3v) is 4.12. The van der Waals surface area contributed by atoms with Gasteiger partial charge in [-0.3, -0.25) is 14.7 Å². The first-order chi connectivity index (χ1) is 11.7. The van der Waals surface area contributed by atoms with E-state index in [0.29, 0.717) is 12.1 Å². The molecule has 0 aromatic carbocycles. The monoisotopic (exact) mass is 327 g/mol. The molecule has 24 heavy (non-hydrogen) atoms. The van der Waals surface area contributed by atoms with Crippen molar-refractivity contribution in [3.8, 4) is 11.1 Å². The Balaban J connectivity index is 1.61. The number of carbonyl (C=O) groups excluding carboxylic acids is 1. The Morgan fingerprint density at radius 3 is 2.62 bits per heavy atom. The molecule has 0 radical (unpaired) electrons. The fraction of sp³-hybridized carbons (Fsp3) is 0.412. The third-order valence-electron chi connectivity index (χ3n) is 4.12. The highest BCUT2D eigenvalue weighted by atomic mass is 16.5. The predicted octanol–water partition coefficient (Wildman–Crippen LogP) is 0.989. The van der Waals surface area contributed by atoms with Crippen molar-refractivity contribution in [2.45, 2.75) is 13.0 Å². The Morgan fingerprint density at radius 1 is 1.17 bits per heavy atom. The van der Waals surface area contributed by atoms with Gasteiger partial charge in [-0.05, 0) is 13.0 Å². The lowest BCUT2D eigenvalue weighted by Crippen LogP contribution is -2.47. The molecule has 1 saturated heterocycles. The van der Waals surface area contributed by atoms with Crippen LogP contribution in [-0.2, 0) is 4.74 Å². The molecule has 0 aliphatic carbocycles. The molecular formula is C17H21N5O2. The minimum Gasteiger partial charge on any atom is -0.379 e. The van der Waals surface area contributed by atoms with E-state index in [0.717, 1.165) is 37.4 Å². The van der Waals surface area contributed by atoms with Gasteiger partial charge in [0.05, 0.1) is 18.8 Å². The minimum absolute atomic E-state index is 0.124. The first-order valence-corrected chi connectivity index (χ1v) is 8.04. The van der Waals surface area contributed by atoms with E-state index >= 15 is 0 Å². The summed E-state index contributed by atoms with van der Waals surface area (Å²) in [5, 5.41) is 2.98. The number of pyridine rings is 1. The number of nitrogens with zero attached hydrogens (tertiary/aromatic N) is 4. The van der Waals surface area contributed by atoms with Crippen molar-refractivity contribution >= 4 is 5.91 Å². The molecule has 2 aromatic rings. The largest absolute Gasteiger partial charge is 0.379 e. The molecule has 1 aliphatic rings. The zero-order chi connectivity index (χ0) is 16.8. The van der Waals surface area contributed by atoms with Gasteiger partial charge in [-0.25, -0.2) is 9.97 Å². The summed E-state index contributed by atoms with van der Waals surface area (Å²) in [6.45, 7) is 6.02. The van der Waals surface area contributed by atoms with Gasteiger partial charge in [0.15, 0.2) is 0 Å². The number of ether oxygens (including phenoxy) is 1. The Hall–Kier alpha value is -2.38. The van der Waals surface area contributed by atoms with E-state index in [1.807, 2.05) is 0 Å². The number of amides is 1. The molecule has 1 aliphatic heterocycles. The molecule has 3 heterocycles.